The first kappa shape index (κ1) is 17.2. The Morgan fingerprint density at radius 3 is 2.71 bits per heavy atom. The van der Waals surface area contributed by atoms with Gasteiger partial charge in [-0.1, -0.05) is 29.8 Å². The predicted molar refractivity (Wildman–Crippen MR) is 93.5 cm³/mol. The van der Waals surface area contributed by atoms with E-state index in [4.69, 9.17) is 11.6 Å². The summed E-state index contributed by atoms with van der Waals surface area (Å²) in [6, 6.07) is 10.7. The molecular weight excluding hydrogens is 352 g/mol. The van der Waals surface area contributed by atoms with Gasteiger partial charge in [-0.25, -0.2) is 8.78 Å². The highest BCUT2D eigenvalue weighted by Crippen LogP contribution is 2.38. The molecule has 126 valence electrons. The first-order valence-corrected chi connectivity index (χ1v) is 9.09. The number of carbonyl (C=O) groups is 1. The van der Waals surface area contributed by atoms with Crippen molar-refractivity contribution in [3.8, 4) is 0 Å². The van der Waals surface area contributed by atoms with E-state index in [1.165, 1.54) is 6.07 Å². The molecule has 1 aliphatic heterocycles. The van der Waals surface area contributed by atoms with Crippen molar-refractivity contribution in [1.29, 1.82) is 0 Å². The maximum atomic E-state index is 13.8. The molecule has 1 amide bonds. The van der Waals surface area contributed by atoms with E-state index in [1.807, 2.05) is 24.3 Å². The van der Waals surface area contributed by atoms with Gasteiger partial charge in [-0.3, -0.25) is 4.79 Å². The van der Waals surface area contributed by atoms with E-state index in [0.29, 0.717) is 13.1 Å². The van der Waals surface area contributed by atoms with Crippen LogP contribution in [0.4, 0.5) is 8.78 Å². The Kier molecular flexibility index (Phi) is 5.41. The molecule has 2 aromatic carbocycles. The summed E-state index contributed by atoms with van der Waals surface area (Å²) in [6.07, 6.45) is 0.739. The van der Waals surface area contributed by atoms with Gasteiger partial charge in [-0.2, -0.15) is 11.8 Å². The molecule has 0 spiro atoms. The monoisotopic (exact) mass is 367 g/mol. The zero-order valence-corrected chi connectivity index (χ0v) is 14.4. The number of carbonyl (C=O) groups excluding carboxylic acids is 1. The van der Waals surface area contributed by atoms with Gasteiger partial charge in [-0.15, -0.1) is 0 Å². The van der Waals surface area contributed by atoms with Crippen LogP contribution in [0.25, 0.3) is 0 Å². The number of amides is 1. The lowest BCUT2D eigenvalue weighted by Gasteiger charge is -2.21. The molecule has 1 fully saturated rings. The number of hydrogen-bond donors (Lipinski definition) is 0. The highest BCUT2D eigenvalue weighted by Gasteiger charge is 2.25. The third-order valence-corrected chi connectivity index (χ3v) is 5.70. The molecule has 0 aliphatic carbocycles. The molecule has 2 nitrogen and oxygen atoms in total. The average molecular weight is 368 g/mol. The topological polar surface area (TPSA) is 20.3 Å². The summed E-state index contributed by atoms with van der Waals surface area (Å²) in [7, 11) is 0. The van der Waals surface area contributed by atoms with Gasteiger partial charge in [0.15, 0.2) is 0 Å². The third kappa shape index (κ3) is 3.73. The van der Waals surface area contributed by atoms with Crippen molar-refractivity contribution in [2.45, 2.75) is 11.7 Å². The molecule has 0 aromatic heterocycles. The van der Waals surface area contributed by atoms with E-state index in [0.717, 1.165) is 34.9 Å². The predicted octanol–water partition coefficient (Wildman–Crippen LogP) is 4.94. The molecular formula is C18H16ClF2NOS. The van der Waals surface area contributed by atoms with Crippen LogP contribution in [0.5, 0.6) is 0 Å². The molecule has 0 bridgehead atoms. The molecule has 1 atom stereocenters. The van der Waals surface area contributed by atoms with Gasteiger partial charge >= 0.3 is 0 Å². The van der Waals surface area contributed by atoms with Gasteiger partial charge in [0, 0.05) is 35.2 Å². The van der Waals surface area contributed by atoms with Gasteiger partial charge in [0.2, 0.25) is 0 Å². The first-order valence-electron chi connectivity index (χ1n) is 7.66. The SMILES string of the molecule is O=C(c1ccc(F)cc1F)N1CCSC(c2ccccc2Cl)CC1. The quantitative estimate of drug-likeness (QED) is 0.749. The summed E-state index contributed by atoms with van der Waals surface area (Å²) in [6.45, 7) is 1.04. The fraction of sp³-hybridized carbons (Fsp3) is 0.278. The van der Waals surface area contributed by atoms with Crippen LogP contribution in [-0.4, -0.2) is 29.6 Å². The lowest BCUT2D eigenvalue weighted by Crippen LogP contribution is -2.33. The van der Waals surface area contributed by atoms with Gasteiger partial charge in [0.25, 0.3) is 5.91 Å². The second kappa shape index (κ2) is 7.53. The number of halogens is 3. The summed E-state index contributed by atoms with van der Waals surface area (Å²) in [5.74, 6) is -1.16. The van der Waals surface area contributed by atoms with Gasteiger partial charge < -0.3 is 4.90 Å². The number of benzene rings is 2. The second-order valence-electron chi connectivity index (χ2n) is 5.59. The van der Waals surface area contributed by atoms with Gasteiger partial charge in [0.1, 0.15) is 11.6 Å². The van der Waals surface area contributed by atoms with Crippen molar-refractivity contribution >= 4 is 29.3 Å². The maximum Gasteiger partial charge on any atom is 0.256 e. The van der Waals surface area contributed by atoms with Crippen LogP contribution < -0.4 is 0 Å². The fourth-order valence-corrected chi connectivity index (χ4v) is 4.39. The van der Waals surface area contributed by atoms with E-state index in [-0.39, 0.29) is 10.8 Å². The van der Waals surface area contributed by atoms with E-state index in [9.17, 15) is 13.6 Å². The molecule has 0 radical (unpaired) electrons. The Bertz CT molecular complexity index is 756. The first-order chi connectivity index (χ1) is 11.6. The Morgan fingerprint density at radius 2 is 1.96 bits per heavy atom. The van der Waals surface area contributed by atoms with Crippen molar-refractivity contribution < 1.29 is 13.6 Å². The van der Waals surface area contributed by atoms with Crippen LogP contribution in [0.15, 0.2) is 42.5 Å². The minimum Gasteiger partial charge on any atom is -0.338 e. The fourth-order valence-electron chi connectivity index (χ4n) is 2.79. The minimum absolute atomic E-state index is 0.0856. The molecule has 0 saturated carbocycles. The summed E-state index contributed by atoms with van der Waals surface area (Å²) in [5, 5.41) is 0.925. The summed E-state index contributed by atoms with van der Waals surface area (Å²) in [4.78, 5) is 14.1. The molecule has 0 N–H and O–H groups in total. The van der Waals surface area contributed by atoms with E-state index in [1.54, 1.807) is 16.7 Å². The molecule has 24 heavy (non-hydrogen) atoms. The average Bonchev–Trinajstić information content (AvgIpc) is 2.81. The van der Waals surface area contributed by atoms with Crippen LogP contribution in [-0.2, 0) is 0 Å². The van der Waals surface area contributed by atoms with Crippen LogP contribution in [0.2, 0.25) is 5.02 Å². The van der Waals surface area contributed by atoms with Crippen molar-refractivity contribution in [2.24, 2.45) is 0 Å². The smallest absolute Gasteiger partial charge is 0.256 e. The Labute approximate surface area is 148 Å². The largest absolute Gasteiger partial charge is 0.338 e. The van der Waals surface area contributed by atoms with Gasteiger partial charge in [-0.05, 0) is 30.2 Å². The lowest BCUT2D eigenvalue weighted by atomic mass is 10.1. The van der Waals surface area contributed by atoms with Crippen LogP contribution in [0, 0.1) is 11.6 Å². The molecule has 1 aliphatic rings. The molecule has 3 rings (SSSR count). The zero-order valence-electron chi connectivity index (χ0n) is 12.8. The van der Waals surface area contributed by atoms with Crippen molar-refractivity contribution in [3.63, 3.8) is 0 Å². The zero-order chi connectivity index (χ0) is 17.1. The molecule has 1 saturated heterocycles. The normalized spacial score (nSPS) is 18.3. The Morgan fingerprint density at radius 1 is 1.17 bits per heavy atom. The highest BCUT2D eigenvalue weighted by molar-refractivity contribution is 7.99. The summed E-state index contributed by atoms with van der Waals surface area (Å²) in [5.41, 5.74) is 0.976. The number of thioether (sulfide) groups is 1. The van der Waals surface area contributed by atoms with Crippen LogP contribution in [0.3, 0.4) is 0 Å². The van der Waals surface area contributed by atoms with Crippen molar-refractivity contribution in [3.05, 3.63) is 70.2 Å². The molecule has 1 unspecified atom stereocenters. The minimum atomic E-state index is -0.820. The van der Waals surface area contributed by atoms with E-state index in [2.05, 4.69) is 0 Å². The Balaban J connectivity index is 1.73. The number of nitrogens with zero attached hydrogens (tertiary/aromatic N) is 1. The third-order valence-electron chi connectivity index (χ3n) is 4.04. The number of hydrogen-bond acceptors (Lipinski definition) is 2. The summed E-state index contributed by atoms with van der Waals surface area (Å²) < 4.78 is 26.9. The number of rotatable bonds is 2. The molecule has 1 heterocycles. The lowest BCUT2D eigenvalue weighted by molar-refractivity contribution is 0.0762. The summed E-state index contributed by atoms with van der Waals surface area (Å²) >= 11 is 8.00. The Hall–Kier alpha value is -1.59. The van der Waals surface area contributed by atoms with Gasteiger partial charge in [0.05, 0.1) is 5.56 Å². The van der Waals surface area contributed by atoms with E-state index < -0.39 is 17.5 Å². The van der Waals surface area contributed by atoms with Crippen LogP contribution in [0.1, 0.15) is 27.6 Å². The molecule has 2 aromatic rings. The second-order valence-corrected chi connectivity index (χ2v) is 7.30. The highest BCUT2D eigenvalue weighted by atomic mass is 35.5. The van der Waals surface area contributed by atoms with Crippen molar-refractivity contribution in [1.82, 2.24) is 4.90 Å². The maximum absolute atomic E-state index is 13.8. The van der Waals surface area contributed by atoms with E-state index >= 15 is 0 Å². The van der Waals surface area contributed by atoms with Crippen LogP contribution >= 0.6 is 23.4 Å². The van der Waals surface area contributed by atoms with Crippen molar-refractivity contribution in [2.75, 3.05) is 18.8 Å². The standard InChI is InChI=1S/C18H16ClF2NOS/c19-15-4-2-1-3-13(15)17-7-8-22(9-10-24-17)18(23)14-6-5-12(20)11-16(14)21/h1-6,11,17H,7-10H2. The molecule has 6 heteroatoms.